The molecule has 2 aromatic rings. The van der Waals surface area contributed by atoms with Crippen LogP contribution in [0.25, 0.3) is 6.08 Å². The van der Waals surface area contributed by atoms with Crippen LogP contribution in [0.1, 0.15) is 16.7 Å². The van der Waals surface area contributed by atoms with Gasteiger partial charge in [-0.05, 0) is 48.4 Å². The Balaban J connectivity index is 2.26. The molecule has 0 unspecified atom stereocenters. The molecule has 2 rings (SSSR count). The Morgan fingerprint density at radius 1 is 1.17 bits per heavy atom. The van der Waals surface area contributed by atoms with E-state index >= 15 is 0 Å². The number of amides is 1. The molecule has 0 heterocycles. The van der Waals surface area contributed by atoms with Crippen molar-refractivity contribution in [3.8, 4) is 6.07 Å². The zero-order valence-electron chi connectivity index (χ0n) is 12.7. The van der Waals surface area contributed by atoms with Gasteiger partial charge in [-0.15, -0.1) is 0 Å². The van der Waals surface area contributed by atoms with Gasteiger partial charge >= 0.3 is 6.18 Å². The number of nitrogens with zero attached hydrogens (tertiary/aromatic N) is 1. The van der Waals surface area contributed by atoms with Gasteiger partial charge < -0.3 is 5.32 Å². The van der Waals surface area contributed by atoms with Crippen LogP contribution in [-0.4, -0.2) is 5.91 Å². The summed E-state index contributed by atoms with van der Waals surface area (Å²) in [6, 6.07) is 13.1. The molecule has 0 spiro atoms. The summed E-state index contributed by atoms with van der Waals surface area (Å²) < 4.78 is 38.1. The van der Waals surface area contributed by atoms with E-state index in [0.29, 0.717) is 5.69 Å². The number of anilines is 1. The summed E-state index contributed by atoms with van der Waals surface area (Å²) in [5.41, 5.74) is 0.433. The summed E-state index contributed by atoms with van der Waals surface area (Å²) in [5.74, 6) is -0.680. The number of benzene rings is 2. The lowest BCUT2D eigenvalue weighted by molar-refractivity contribution is -0.137. The minimum atomic E-state index is -4.49. The smallest absolute Gasteiger partial charge is 0.321 e. The summed E-state index contributed by atoms with van der Waals surface area (Å²) in [6.07, 6.45) is -3.36. The quantitative estimate of drug-likeness (QED) is 0.662. The molecule has 3 nitrogen and oxygen atoms in total. The molecular weight excluding hydrogens is 317 g/mol. The third-order valence-electron chi connectivity index (χ3n) is 3.17. The molecule has 0 aliphatic carbocycles. The van der Waals surface area contributed by atoms with Crippen LogP contribution in [0.5, 0.6) is 0 Å². The molecule has 0 aliphatic heterocycles. The minimum absolute atomic E-state index is 0.126. The number of nitrogens with one attached hydrogen (secondary N) is 1. The van der Waals surface area contributed by atoms with Crippen molar-refractivity contribution < 1.29 is 18.0 Å². The van der Waals surface area contributed by atoms with E-state index in [1.807, 2.05) is 13.0 Å². The summed E-state index contributed by atoms with van der Waals surface area (Å²) in [5, 5.41) is 11.7. The van der Waals surface area contributed by atoms with Gasteiger partial charge in [0.25, 0.3) is 5.91 Å². The van der Waals surface area contributed by atoms with Gasteiger partial charge in [-0.2, -0.15) is 18.4 Å². The van der Waals surface area contributed by atoms with Crippen LogP contribution >= 0.6 is 0 Å². The number of halogens is 3. The number of hydrogen-bond acceptors (Lipinski definition) is 2. The van der Waals surface area contributed by atoms with E-state index in [-0.39, 0.29) is 11.1 Å². The van der Waals surface area contributed by atoms with E-state index < -0.39 is 17.6 Å². The number of alkyl halides is 3. The van der Waals surface area contributed by atoms with Crippen LogP contribution in [0, 0.1) is 18.3 Å². The maximum Gasteiger partial charge on any atom is 0.416 e. The van der Waals surface area contributed by atoms with Crippen molar-refractivity contribution in [2.45, 2.75) is 13.1 Å². The Labute approximate surface area is 137 Å². The number of nitriles is 1. The SMILES string of the molecule is Cc1cccc(NC(=O)/C(C#N)=C/c2cccc(C(F)(F)F)c2)c1. The largest absolute Gasteiger partial charge is 0.416 e. The molecule has 0 fully saturated rings. The number of carbonyl (C=O) groups excluding carboxylic acids is 1. The predicted octanol–water partition coefficient (Wildman–Crippen LogP) is 4.56. The number of carbonyl (C=O) groups is 1. The monoisotopic (exact) mass is 330 g/mol. The molecule has 0 aromatic heterocycles. The van der Waals surface area contributed by atoms with Crippen LogP contribution < -0.4 is 5.32 Å². The van der Waals surface area contributed by atoms with Crippen LogP contribution in [0.4, 0.5) is 18.9 Å². The van der Waals surface area contributed by atoms with Gasteiger partial charge in [0.15, 0.2) is 0 Å². The molecule has 1 N–H and O–H groups in total. The molecule has 0 atom stereocenters. The summed E-state index contributed by atoms with van der Waals surface area (Å²) in [4.78, 5) is 12.1. The standard InChI is InChI=1S/C18H13F3N2O/c1-12-4-2-7-16(8-12)23-17(24)14(11-22)9-13-5-3-6-15(10-13)18(19,20)21/h2-10H,1H3,(H,23,24)/b14-9+. The van der Waals surface area contributed by atoms with Crippen molar-refractivity contribution >= 4 is 17.7 Å². The lowest BCUT2D eigenvalue weighted by Gasteiger charge is -2.07. The number of rotatable bonds is 3. The Kier molecular flexibility index (Phi) is 5.05. The van der Waals surface area contributed by atoms with Crippen LogP contribution in [0.2, 0.25) is 0 Å². The maximum atomic E-state index is 12.7. The number of aryl methyl sites for hydroxylation is 1. The minimum Gasteiger partial charge on any atom is -0.321 e. The highest BCUT2D eigenvalue weighted by Crippen LogP contribution is 2.30. The molecule has 0 bridgehead atoms. The molecule has 0 aliphatic rings. The van der Waals surface area contributed by atoms with E-state index in [2.05, 4.69) is 5.32 Å². The molecule has 122 valence electrons. The van der Waals surface area contributed by atoms with E-state index in [1.165, 1.54) is 12.1 Å². The van der Waals surface area contributed by atoms with Crippen molar-refractivity contribution in [1.82, 2.24) is 0 Å². The number of hydrogen-bond donors (Lipinski definition) is 1. The van der Waals surface area contributed by atoms with Crippen LogP contribution in [0.15, 0.2) is 54.1 Å². The van der Waals surface area contributed by atoms with Gasteiger partial charge in [0.05, 0.1) is 5.56 Å². The average Bonchev–Trinajstić information content (AvgIpc) is 2.52. The molecule has 24 heavy (non-hydrogen) atoms. The second kappa shape index (κ2) is 7.01. The van der Waals surface area contributed by atoms with Crippen LogP contribution in [0.3, 0.4) is 0 Å². The molecule has 1 amide bonds. The van der Waals surface area contributed by atoms with Crippen molar-refractivity contribution in [3.63, 3.8) is 0 Å². The van der Waals surface area contributed by atoms with E-state index in [1.54, 1.807) is 24.3 Å². The molecular formula is C18H13F3N2O. The van der Waals surface area contributed by atoms with Crippen molar-refractivity contribution in [1.29, 1.82) is 5.26 Å². The van der Waals surface area contributed by atoms with Crippen LogP contribution in [-0.2, 0) is 11.0 Å². The Morgan fingerprint density at radius 2 is 1.88 bits per heavy atom. The van der Waals surface area contributed by atoms with Gasteiger partial charge in [-0.1, -0.05) is 24.3 Å². The third-order valence-corrected chi connectivity index (χ3v) is 3.17. The Morgan fingerprint density at radius 3 is 2.50 bits per heavy atom. The summed E-state index contributed by atoms with van der Waals surface area (Å²) in [7, 11) is 0. The highest BCUT2D eigenvalue weighted by molar-refractivity contribution is 6.09. The van der Waals surface area contributed by atoms with Gasteiger partial charge in [-0.25, -0.2) is 0 Å². The van der Waals surface area contributed by atoms with E-state index in [4.69, 9.17) is 5.26 Å². The second-order valence-corrected chi connectivity index (χ2v) is 5.12. The summed E-state index contributed by atoms with van der Waals surface area (Å²) >= 11 is 0. The highest BCUT2D eigenvalue weighted by Gasteiger charge is 2.30. The molecule has 6 heteroatoms. The normalized spacial score (nSPS) is 11.7. The highest BCUT2D eigenvalue weighted by atomic mass is 19.4. The molecule has 0 saturated carbocycles. The van der Waals surface area contributed by atoms with Gasteiger partial charge in [-0.3, -0.25) is 4.79 Å². The first-order valence-corrected chi connectivity index (χ1v) is 6.96. The molecule has 0 radical (unpaired) electrons. The summed E-state index contributed by atoms with van der Waals surface area (Å²) in [6.45, 7) is 1.85. The van der Waals surface area contributed by atoms with Crippen molar-refractivity contribution in [2.24, 2.45) is 0 Å². The maximum absolute atomic E-state index is 12.7. The van der Waals surface area contributed by atoms with E-state index in [9.17, 15) is 18.0 Å². The van der Waals surface area contributed by atoms with Gasteiger partial charge in [0, 0.05) is 5.69 Å². The average molecular weight is 330 g/mol. The first-order chi connectivity index (χ1) is 11.3. The lowest BCUT2D eigenvalue weighted by atomic mass is 10.1. The van der Waals surface area contributed by atoms with Crippen molar-refractivity contribution in [2.75, 3.05) is 5.32 Å². The topological polar surface area (TPSA) is 52.9 Å². The predicted molar refractivity (Wildman–Crippen MR) is 84.8 cm³/mol. The third kappa shape index (κ3) is 4.46. The second-order valence-electron chi connectivity index (χ2n) is 5.12. The van der Waals surface area contributed by atoms with Crippen molar-refractivity contribution in [3.05, 3.63) is 70.8 Å². The fraction of sp³-hybridized carbons (Fsp3) is 0.111. The lowest BCUT2D eigenvalue weighted by Crippen LogP contribution is -2.13. The van der Waals surface area contributed by atoms with Gasteiger partial charge in [0.1, 0.15) is 11.6 Å². The molecule has 2 aromatic carbocycles. The van der Waals surface area contributed by atoms with E-state index in [0.717, 1.165) is 23.8 Å². The first kappa shape index (κ1) is 17.3. The Bertz CT molecular complexity index is 833. The zero-order chi connectivity index (χ0) is 17.7. The fourth-order valence-corrected chi connectivity index (χ4v) is 2.04. The fourth-order valence-electron chi connectivity index (χ4n) is 2.04. The molecule has 0 saturated heterocycles. The van der Waals surface area contributed by atoms with Gasteiger partial charge in [0.2, 0.25) is 0 Å². The first-order valence-electron chi connectivity index (χ1n) is 6.96. The Hall–Kier alpha value is -3.07. The zero-order valence-corrected chi connectivity index (χ0v) is 12.7.